The number of aliphatic hydroxyl groups is 1. The summed E-state index contributed by atoms with van der Waals surface area (Å²) in [6, 6.07) is 0. The maximum Gasteiger partial charge on any atom is 0.419 e. The van der Waals surface area contributed by atoms with E-state index < -0.39 is 36.4 Å². The van der Waals surface area contributed by atoms with Crippen molar-refractivity contribution < 1.29 is 27.8 Å². The first-order valence-electron chi connectivity index (χ1n) is 5.22. The predicted octanol–water partition coefficient (Wildman–Crippen LogP) is 1.92. The molecule has 0 radical (unpaired) electrons. The second kappa shape index (κ2) is 4.04. The Morgan fingerprint density at radius 2 is 1.88 bits per heavy atom. The zero-order valence-electron chi connectivity index (χ0n) is 9.97. The molecule has 1 aliphatic heterocycles. The van der Waals surface area contributed by atoms with Crippen LogP contribution in [0, 0.1) is 0 Å². The van der Waals surface area contributed by atoms with Crippen molar-refractivity contribution in [2.24, 2.45) is 0 Å². The quantitative estimate of drug-likeness (QED) is 0.719. The summed E-state index contributed by atoms with van der Waals surface area (Å²) in [4.78, 5) is 12.4. The van der Waals surface area contributed by atoms with E-state index in [4.69, 9.17) is 4.74 Å². The van der Waals surface area contributed by atoms with E-state index in [0.29, 0.717) is 0 Å². The summed E-state index contributed by atoms with van der Waals surface area (Å²) in [5.41, 5.74) is -3.58. The molecule has 0 bridgehead atoms. The van der Waals surface area contributed by atoms with Gasteiger partial charge in [0, 0.05) is 13.0 Å². The third-order valence-electron chi connectivity index (χ3n) is 2.43. The fourth-order valence-electron chi connectivity index (χ4n) is 1.51. The molecule has 1 saturated heterocycles. The van der Waals surface area contributed by atoms with E-state index >= 15 is 0 Å². The van der Waals surface area contributed by atoms with Gasteiger partial charge in [0.05, 0.1) is 6.54 Å². The second-order valence-electron chi connectivity index (χ2n) is 5.18. The smallest absolute Gasteiger partial charge is 0.419 e. The highest BCUT2D eigenvalue weighted by Gasteiger charge is 2.58. The van der Waals surface area contributed by atoms with Crippen molar-refractivity contribution in [1.29, 1.82) is 0 Å². The molecular formula is C10H16F3NO3. The van der Waals surface area contributed by atoms with Crippen molar-refractivity contribution >= 4 is 6.09 Å². The first-order valence-corrected chi connectivity index (χ1v) is 5.22. The van der Waals surface area contributed by atoms with E-state index in [1.165, 1.54) is 0 Å². The van der Waals surface area contributed by atoms with Gasteiger partial charge in [0.15, 0.2) is 5.60 Å². The van der Waals surface area contributed by atoms with Crippen molar-refractivity contribution in [2.75, 3.05) is 13.1 Å². The molecule has 1 heterocycles. The molecular weight excluding hydrogens is 239 g/mol. The first kappa shape index (κ1) is 14.1. The molecule has 100 valence electrons. The number of ether oxygens (including phenoxy) is 1. The molecule has 1 rings (SSSR count). The molecule has 17 heavy (non-hydrogen) atoms. The predicted molar refractivity (Wildman–Crippen MR) is 53.4 cm³/mol. The minimum atomic E-state index is -4.73. The van der Waals surface area contributed by atoms with E-state index in [2.05, 4.69) is 0 Å². The number of alkyl halides is 3. The van der Waals surface area contributed by atoms with Gasteiger partial charge in [0.25, 0.3) is 0 Å². The Morgan fingerprint density at radius 3 is 2.24 bits per heavy atom. The molecule has 0 unspecified atom stereocenters. The lowest BCUT2D eigenvalue weighted by Gasteiger charge is -2.27. The number of β-amino-alcohol motifs (C(OH)–C–C–N with tert-alkyl or cyclic N) is 1. The molecule has 0 aromatic carbocycles. The van der Waals surface area contributed by atoms with Crippen LogP contribution in [-0.2, 0) is 4.74 Å². The molecule has 4 nitrogen and oxygen atoms in total. The van der Waals surface area contributed by atoms with Gasteiger partial charge in [-0.1, -0.05) is 0 Å². The topological polar surface area (TPSA) is 49.8 Å². The summed E-state index contributed by atoms with van der Waals surface area (Å²) >= 11 is 0. The van der Waals surface area contributed by atoms with Crippen LogP contribution in [0.2, 0.25) is 0 Å². The number of carbonyl (C=O) groups excluding carboxylic acids is 1. The van der Waals surface area contributed by atoms with Crippen LogP contribution < -0.4 is 0 Å². The Hall–Kier alpha value is -0.980. The highest BCUT2D eigenvalue weighted by atomic mass is 19.4. The zero-order chi connectivity index (χ0) is 13.5. The van der Waals surface area contributed by atoms with Crippen LogP contribution in [0.15, 0.2) is 0 Å². The van der Waals surface area contributed by atoms with Crippen LogP contribution in [0.25, 0.3) is 0 Å². The summed E-state index contributed by atoms with van der Waals surface area (Å²) in [5.74, 6) is 0. The number of carbonyl (C=O) groups is 1. The Kier molecular flexibility index (Phi) is 3.35. The lowest BCUT2D eigenvalue weighted by molar-refractivity contribution is -0.253. The van der Waals surface area contributed by atoms with E-state index in [-0.39, 0.29) is 6.54 Å². The van der Waals surface area contributed by atoms with Gasteiger partial charge in [-0.2, -0.15) is 13.2 Å². The standard InChI is InChI=1S/C10H16F3NO3/c1-8(2,3)17-7(15)14-5-4-9(16,6-14)10(11,12)13/h16H,4-6H2,1-3H3/t9-/m0/s1. The third-order valence-corrected chi connectivity index (χ3v) is 2.43. The van der Waals surface area contributed by atoms with Crippen molar-refractivity contribution in [1.82, 2.24) is 4.90 Å². The van der Waals surface area contributed by atoms with Gasteiger partial charge in [-0.05, 0) is 20.8 Å². The lowest BCUT2D eigenvalue weighted by atomic mass is 10.0. The van der Waals surface area contributed by atoms with Crippen molar-refractivity contribution in [3.63, 3.8) is 0 Å². The monoisotopic (exact) mass is 255 g/mol. The van der Waals surface area contributed by atoms with Gasteiger partial charge in [0.2, 0.25) is 0 Å². The molecule has 0 saturated carbocycles. The van der Waals surface area contributed by atoms with Crippen LogP contribution in [0.5, 0.6) is 0 Å². The van der Waals surface area contributed by atoms with Crippen LogP contribution in [0.1, 0.15) is 27.2 Å². The molecule has 0 spiro atoms. The van der Waals surface area contributed by atoms with E-state index in [9.17, 15) is 23.1 Å². The Bertz CT molecular complexity index is 311. The highest BCUT2D eigenvalue weighted by molar-refractivity contribution is 5.68. The van der Waals surface area contributed by atoms with E-state index in [1.807, 2.05) is 0 Å². The minimum absolute atomic E-state index is 0.162. The summed E-state index contributed by atoms with van der Waals surface area (Å²) in [6.07, 6.45) is -6.09. The number of nitrogens with zero attached hydrogens (tertiary/aromatic N) is 1. The van der Waals surface area contributed by atoms with Gasteiger partial charge in [0.1, 0.15) is 5.60 Å². The van der Waals surface area contributed by atoms with Crippen LogP contribution >= 0.6 is 0 Å². The molecule has 1 atom stereocenters. The number of rotatable bonds is 0. The fourth-order valence-corrected chi connectivity index (χ4v) is 1.51. The van der Waals surface area contributed by atoms with Gasteiger partial charge in [-0.25, -0.2) is 4.79 Å². The molecule has 0 aromatic rings. The SMILES string of the molecule is CC(C)(C)OC(=O)N1CC[C@@](O)(C(F)(F)F)C1. The maximum atomic E-state index is 12.5. The van der Waals surface area contributed by atoms with Crippen LogP contribution in [0.4, 0.5) is 18.0 Å². The van der Waals surface area contributed by atoms with Gasteiger partial charge in [-0.3, -0.25) is 0 Å². The summed E-state index contributed by atoms with van der Waals surface area (Å²) in [6.45, 7) is 3.93. The number of amides is 1. The number of hydrogen-bond donors (Lipinski definition) is 1. The van der Waals surface area contributed by atoms with Crippen molar-refractivity contribution in [3.8, 4) is 0 Å². The van der Waals surface area contributed by atoms with E-state index in [1.54, 1.807) is 20.8 Å². The number of likely N-dealkylation sites (tertiary alicyclic amines) is 1. The molecule has 1 amide bonds. The van der Waals surface area contributed by atoms with Crippen LogP contribution in [-0.4, -0.2) is 46.6 Å². The average molecular weight is 255 g/mol. The largest absolute Gasteiger partial charge is 0.444 e. The number of hydrogen-bond acceptors (Lipinski definition) is 3. The summed E-state index contributed by atoms with van der Waals surface area (Å²) in [5, 5.41) is 9.37. The van der Waals surface area contributed by atoms with Gasteiger partial charge >= 0.3 is 12.3 Å². The highest BCUT2D eigenvalue weighted by Crippen LogP contribution is 2.37. The van der Waals surface area contributed by atoms with Crippen molar-refractivity contribution in [2.45, 2.75) is 44.6 Å². The Labute approximate surface area is 97.3 Å². The van der Waals surface area contributed by atoms with Crippen LogP contribution in [0.3, 0.4) is 0 Å². The zero-order valence-corrected chi connectivity index (χ0v) is 9.97. The number of halogens is 3. The minimum Gasteiger partial charge on any atom is -0.444 e. The van der Waals surface area contributed by atoms with Gasteiger partial charge in [-0.15, -0.1) is 0 Å². The Balaban J connectivity index is 2.65. The Morgan fingerprint density at radius 1 is 1.35 bits per heavy atom. The average Bonchev–Trinajstić information content (AvgIpc) is 2.44. The molecule has 7 heteroatoms. The van der Waals surface area contributed by atoms with Gasteiger partial charge < -0.3 is 14.7 Å². The molecule has 1 N–H and O–H groups in total. The van der Waals surface area contributed by atoms with Crippen molar-refractivity contribution in [3.05, 3.63) is 0 Å². The second-order valence-corrected chi connectivity index (χ2v) is 5.18. The maximum absolute atomic E-state index is 12.5. The third kappa shape index (κ3) is 3.24. The molecule has 0 aliphatic carbocycles. The lowest BCUT2D eigenvalue weighted by Crippen LogP contribution is -2.48. The summed E-state index contributed by atoms with van der Waals surface area (Å²) < 4.78 is 42.4. The normalized spacial score (nSPS) is 26.2. The summed E-state index contributed by atoms with van der Waals surface area (Å²) in [7, 11) is 0. The first-order chi connectivity index (χ1) is 7.45. The molecule has 1 fully saturated rings. The van der Waals surface area contributed by atoms with E-state index in [0.717, 1.165) is 4.90 Å². The molecule has 1 aliphatic rings. The fraction of sp³-hybridized carbons (Fsp3) is 0.900. The molecule has 0 aromatic heterocycles.